The summed E-state index contributed by atoms with van der Waals surface area (Å²) in [5, 5.41) is 18.1. The van der Waals surface area contributed by atoms with E-state index in [-0.39, 0.29) is 11.3 Å². The summed E-state index contributed by atoms with van der Waals surface area (Å²) in [6.45, 7) is 1.44. The van der Waals surface area contributed by atoms with Crippen LogP contribution in [0.4, 0.5) is 10.5 Å². The minimum atomic E-state index is -1.47. The first-order valence-electron chi connectivity index (χ1n) is 8.49. The Morgan fingerprint density at radius 2 is 2.11 bits per heavy atom. The molecule has 2 N–H and O–H groups in total. The molecule has 0 bridgehead atoms. The molecule has 3 rings (SSSR count). The fraction of sp³-hybridized carbons (Fsp3) is 0.278. The van der Waals surface area contributed by atoms with Crippen LogP contribution < -0.4 is 10.6 Å². The van der Waals surface area contributed by atoms with Gasteiger partial charge in [0.1, 0.15) is 12.1 Å². The molecule has 1 aliphatic heterocycles. The summed E-state index contributed by atoms with van der Waals surface area (Å²) >= 11 is 1.58. The summed E-state index contributed by atoms with van der Waals surface area (Å²) in [5.41, 5.74) is -1.38. The summed E-state index contributed by atoms with van der Waals surface area (Å²) in [5.74, 6) is -1.09. The van der Waals surface area contributed by atoms with Crippen LogP contribution in [0.15, 0.2) is 41.8 Å². The monoisotopic (exact) mass is 402 g/mol. The molecule has 9 nitrogen and oxygen atoms in total. The van der Waals surface area contributed by atoms with Crippen molar-refractivity contribution in [2.45, 2.75) is 18.9 Å². The second kappa shape index (κ2) is 7.77. The number of imide groups is 1. The highest BCUT2D eigenvalue weighted by atomic mass is 32.1. The number of nitro groups is 1. The Labute approximate surface area is 164 Å². The predicted molar refractivity (Wildman–Crippen MR) is 102 cm³/mol. The maximum atomic E-state index is 12.8. The number of amides is 4. The van der Waals surface area contributed by atoms with Crippen molar-refractivity contribution in [1.29, 1.82) is 0 Å². The first kappa shape index (κ1) is 19.5. The molecular formula is C18H18N4O5S. The second-order valence-electron chi connectivity index (χ2n) is 6.43. The predicted octanol–water partition coefficient (Wildman–Crippen LogP) is 1.78. The molecule has 1 aromatic carbocycles. The highest BCUT2D eigenvalue weighted by Crippen LogP contribution is 2.30. The number of hydrogen-bond acceptors (Lipinski definition) is 6. The summed E-state index contributed by atoms with van der Waals surface area (Å²) in [7, 11) is 0. The van der Waals surface area contributed by atoms with Crippen molar-refractivity contribution < 1.29 is 19.3 Å². The number of benzene rings is 1. The average Bonchev–Trinajstić information content (AvgIpc) is 3.25. The van der Waals surface area contributed by atoms with Crippen LogP contribution >= 0.6 is 11.3 Å². The Morgan fingerprint density at radius 3 is 2.79 bits per heavy atom. The molecule has 0 saturated carbocycles. The van der Waals surface area contributed by atoms with E-state index in [0.29, 0.717) is 13.0 Å². The number of nitrogens with one attached hydrogen (secondary N) is 2. The average molecular weight is 402 g/mol. The van der Waals surface area contributed by atoms with Crippen LogP contribution in [0.2, 0.25) is 0 Å². The van der Waals surface area contributed by atoms with Crippen LogP contribution in [0.1, 0.15) is 17.4 Å². The lowest BCUT2D eigenvalue weighted by molar-refractivity contribution is -0.385. The van der Waals surface area contributed by atoms with Gasteiger partial charge in [-0.05, 0) is 30.4 Å². The number of nitro benzene ring substituents is 1. The topological polar surface area (TPSA) is 122 Å². The largest absolute Gasteiger partial charge is 0.354 e. The van der Waals surface area contributed by atoms with Crippen LogP contribution in [0, 0.1) is 10.1 Å². The maximum Gasteiger partial charge on any atom is 0.325 e. The first-order valence-corrected chi connectivity index (χ1v) is 9.37. The first-order chi connectivity index (χ1) is 13.3. The van der Waals surface area contributed by atoms with Crippen molar-refractivity contribution in [2.24, 2.45) is 0 Å². The lowest BCUT2D eigenvalue weighted by Gasteiger charge is -2.22. The van der Waals surface area contributed by atoms with Crippen molar-refractivity contribution in [3.63, 3.8) is 0 Å². The van der Waals surface area contributed by atoms with E-state index >= 15 is 0 Å². The van der Waals surface area contributed by atoms with Crippen molar-refractivity contribution in [3.05, 3.63) is 62.3 Å². The fourth-order valence-electron chi connectivity index (χ4n) is 2.95. The number of hydrogen-bond donors (Lipinski definition) is 2. The van der Waals surface area contributed by atoms with Gasteiger partial charge in [-0.15, -0.1) is 11.3 Å². The number of carbonyl (C=O) groups excluding carboxylic acids is 3. The Morgan fingerprint density at radius 1 is 1.32 bits per heavy atom. The minimum absolute atomic E-state index is 0.189. The zero-order chi connectivity index (χ0) is 20.3. The number of rotatable bonds is 7. The molecular weight excluding hydrogens is 384 g/mol. The third-order valence-corrected chi connectivity index (χ3v) is 5.42. The van der Waals surface area contributed by atoms with E-state index in [2.05, 4.69) is 10.6 Å². The van der Waals surface area contributed by atoms with E-state index in [1.54, 1.807) is 11.3 Å². The Hall–Kier alpha value is -3.27. The van der Waals surface area contributed by atoms with Crippen molar-refractivity contribution in [1.82, 2.24) is 15.5 Å². The summed E-state index contributed by atoms with van der Waals surface area (Å²) < 4.78 is 0. The van der Waals surface area contributed by atoms with Gasteiger partial charge in [-0.3, -0.25) is 24.6 Å². The second-order valence-corrected chi connectivity index (χ2v) is 7.47. The van der Waals surface area contributed by atoms with Gasteiger partial charge in [-0.25, -0.2) is 4.79 Å². The zero-order valence-electron chi connectivity index (χ0n) is 15.0. The van der Waals surface area contributed by atoms with Gasteiger partial charge in [0.05, 0.1) is 4.92 Å². The molecule has 2 heterocycles. The summed E-state index contributed by atoms with van der Waals surface area (Å²) in [6.07, 6.45) is 0.662. The van der Waals surface area contributed by atoms with Gasteiger partial charge in [-0.2, -0.15) is 0 Å². The molecule has 4 amide bonds. The molecule has 1 aliphatic rings. The van der Waals surface area contributed by atoms with Gasteiger partial charge in [0, 0.05) is 23.6 Å². The van der Waals surface area contributed by atoms with E-state index in [4.69, 9.17) is 0 Å². The van der Waals surface area contributed by atoms with E-state index in [1.807, 2.05) is 17.5 Å². The fourth-order valence-corrected chi connectivity index (χ4v) is 3.66. The molecule has 1 aromatic heterocycles. The van der Waals surface area contributed by atoms with Gasteiger partial charge in [0.15, 0.2) is 0 Å². The quantitative estimate of drug-likeness (QED) is 0.415. The Kier molecular flexibility index (Phi) is 5.41. The van der Waals surface area contributed by atoms with E-state index < -0.39 is 34.9 Å². The van der Waals surface area contributed by atoms with Gasteiger partial charge in [0.2, 0.25) is 5.91 Å². The van der Waals surface area contributed by atoms with Crippen LogP contribution in [0.5, 0.6) is 0 Å². The van der Waals surface area contributed by atoms with Crippen molar-refractivity contribution in [3.8, 4) is 0 Å². The minimum Gasteiger partial charge on any atom is -0.354 e. The van der Waals surface area contributed by atoms with Gasteiger partial charge in [0.25, 0.3) is 11.6 Å². The Balaban J connectivity index is 1.66. The van der Waals surface area contributed by atoms with E-state index in [9.17, 15) is 24.5 Å². The molecule has 28 heavy (non-hydrogen) atoms. The SMILES string of the molecule is CC1(c2cccc([N+](=O)[O-])c2)NC(=O)N(CC(=O)NCCc2cccs2)C1=O. The normalized spacial score (nSPS) is 18.8. The standard InChI is InChI=1S/C18H18N4O5S/c1-18(12-4-2-5-13(10-12)22(26)27)16(24)21(17(25)20-18)11-15(23)19-8-7-14-6-3-9-28-14/h2-6,9-10H,7-8,11H2,1H3,(H,19,23)(H,20,25). The van der Waals surface area contributed by atoms with Crippen molar-refractivity contribution >= 4 is 34.9 Å². The maximum absolute atomic E-state index is 12.8. The molecule has 10 heteroatoms. The number of thiophene rings is 1. The third-order valence-electron chi connectivity index (χ3n) is 4.48. The number of urea groups is 1. The highest BCUT2D eigenvalue weighted by Gasteiger charge is 2.49. The highest BCUT2D eigenvalue weighted by molar-refractivity contribution is 7.09. The smallest absolute Gasteiger partial charge is 0.325 e. The zero-order valence-corrected chi connectivity index (χ0v) is 15.8. The van der Waals surface area contributed by atoms with E-state index in [1.165, 1.54) is 31.2 Å². The molecule has 1 fully saturated rings. The van der Waals surface area contributed by atoms with Crippen LogP contribution in [-0.4, -0.2) is 40.8 Å². The summed E-state index contributed by atoms with van der Waals surface area (Å²) in [6, 6.07) is 8.67. The number of nitrogens with zero attached hydrogens (tertiary/aromatic N) is 2. The molecule has 146 valence electrons. The van der Waals surface area contributed by atoms with Gasteiger partial charge in [-0.1, -0.05) is 18.2 Å². The summed E-state index contributed by atoms with van der Waals surface area (Å²) in [4.78, 5) is 49.6. The third kappa shape index (κ3) is 3.86. The molecule has 0 radical (unpaired) electrons. The lowest BCUT2D eigenvalue weighted by atomic mass is 9.91. The van der Waals surface area contributed by atoms with Crippen LogP contribution in [-0.2, 0) is 21.5 Å². The molecule has 1 atom stereocenters. The molecule has 2 aromatic rings. The molecule has 1 unspecified atom stereocenters. The number of carbonyl (C=O) groups is 3. The lowest BCUT2D eigenvalue weighted by Crippen LogP contribution is -2.43. The van der Waals surface area contributed by atoms with Crippen molar-refractivity contribution in [2.75, 3.05) is 13.1 Å². The number of non-ortho nitro benzene ring substituents is 1. The van der Waals surface area contributed by atoms with Crippen LogP contribution in [0.3, 0.4) is 0 Å². The van der Waals surface area contributed by atoms with Gasteiger partial charge < -0.3 is 10.6 Å². The molecule has 0 spiro atoms. The molecule has 0 aliphatic carbocycles. The Bertz CT molecular complexity index is 930. The molecule has 1 saturated heterocycles. The van der Waals surface area contributed by atoms with Gasteiger partial charge >= 0.3 is 6.03 Å². The van der Waals surface area contributed by atoms with Crippen LogP contribution in [0.25, 0.3) is 0 Å². The van der Waals surface area contributed by atoms with E-state index in [0.717, 1.165) is 9.78 Å².